The number of thiocarbonyl (C=S) groups is 1. The molecular weight excluding hydrogens is 374 g/mol. The van der Waals surface area contributed by atoms with E-state index in [4.69, 9.17) is 16.6 Å². The summed E-state index contributed by atoms with van der Waals surface area (Å²) in [4.78, 5) is 19.5. The van der Waals surface area contributed by atoms with Crippen LogP contribution in [0.4, 0.5) is 0 Å². The van der Waals surface area contributed by atoms with Crippen LogP contribution >= 0.6 is 12.2 Å². The van der Waals surface area contributed by atoms with E-state index in [0.717, 1.165) is 24.9 Å². The fourth-order valence-corrected chi connectivity index (χ4v) is 2.89. The largest absolute Gasteiger partial charge is 0.463 e. The van der Waals surface area contributed by atoms with Crippen LogP contribution in [0.5, 0.6) is 0 Å². The van der Waals surface area contributed by atoms with Gasteiger partial charge in [0.15, 0.2) is 10.9 Å². The number of furan rings is 1. The van der Waals surface area contributed by atoms with E-state index in [9.17, 15) is 4.79 Å². The van der Waals surface area contributed by atoms with E-state index in [0.29, 0.717) is 27.6 Å². The second kappa shape index (κ2) is 9.29. The molecular formula is C20H23N5O2S. The number of amides is 1. The van der Waals surface area contributed by atoms with Crippen LogP contribution in [-0.4, -0.2) is 48.1 Å². The lowest BCUT2D eigenvalue weighted by atomic mass is 10.1. The highest BCUT2D eigenvalue weighted by Gasteiger charge is 2.15. The molecule has 28 heavy (non-hydrogen) atoms. The lowest BCUT2D eigenvalue weighted by Crippen LogP contribution is -2.47. The second-order valence-corrected chi connectivity index (χ2v) is 6.95. The average molecular weight is 398 g/mol. The molecule has 0 bridgehead atoms. The molecule has 0 aliphatic heterocycles. The quantitative estimate of drug-likeness (QED) is 0.335. The summed E-state index contributed by atoms with van der Waals surface area (Å²) in [7, 11) is 4.04. The van der Waals surface area contributed by atoms with Gasteiger partial charge in [-0.3, -0.25) is 15.6 Å². The van der Waals surface area contributed by atoms with Crippen LogP contribution in [0.2, 0.25) is 0 Å². The van der Waals surface area contributed by atoms with Crippen LogP contribution < -0.4 is 16.2 Å². The number of nitrogens with zero attached hydrogens (tertiary/aromatic N) is 2. The van der Waals surface area contributed by atoms with E-state index in [1.807, 2.05) is 44.4 Å². The molecule has 3 rings (SSSR count). The van der Waals surface area contributed by atoms with E-state index in [1.54, 1.807) is 18.4 Å². The predicted molar refractivity (Wildman–Crippen MR) is 114 cm³/mol. The minimum Gasteiger partial charge on any atom is -0.463 e. The Morgan fingerprint density at radius 2 is 2.00 bits per heavy atom. The van der Waals surface area contributed by atoms with Crippen molar-refractivity contribution in [2.75, 3.05) is 27.2 Å². The maximum absolute atomic E-state index is 12.8. The lowest BCUT2D eigenvalue weighted by Gasteiger charge is -2.14. The Hall–Kier alpha value is -2.97. The summed E-state index contributed by atoms with van der Waals surface area (Å²) in [5.41, 5.74) is 7.20. The SMILES string of the molecule is CN(C)CCCNC(=S)NNC(=O)c1cc(-c2ccco2)nc2ccccc12. The first-order valence-corrected chi connectivity index (χ1v) is 9.38. The minimum absolute atomic E-state index is 0.302. The van der Waals surface area contributed by atoms with Gasteiger partial charge in [0, 0.05) is 11.9 Å². The van der Waals surface area contributed by atoms with Gasteiger partial charge in [-0.15, -0.1) is 0 Å². The normalized spacial score (nSPS) is 10.8. The zero-order valence-corrected chi connectivity index (χ0v) is 16.7. The van der Waals surface area contributed by atoms with Gasteiger partial charge in [0.1, 0.15) is 5.69 Å². The van der Waals surface area contributed by atoms with Gasteiger partial charge >= 0.3 is 0 Å². The number of benzene rings is 1. The van der Waals surface area contributed by atoms with Crippen LogP contribution in [0.3, 0.4) is 0 Å². The Balaban J connectivity index is 1.70. The van der Waals surface area contributed by atoms with E-state index in [2.05, 4.69) is 26.1 Å². The number of pyridine rings is 1. The number of hydrogen-bond donors (Lipinski definition) is 3. The molecule has 3 aromatic rings. The van der Waals surface area contributed by atoms with E-state index in [1.165, 1.54) is 0 Å². The number of carbonyl (C=O) groups excluding carboxylic acids is 1. The molecule has 0 saturated carbocycles. The molecule has 2 aromatic heterocycles. The van der Waals surface area contributed by atoms with Gasteiger partial charge in [-0.1, -0.05) is 18.2 Å². The maximum Gasteiger partial charge on any atom is 0.270 e. The van der Waals surface area contributed by atoms with Gasteiger partial charge in [-0.2, -0.15) is 0 Å². The molecule has 7 nitrogen and oxygen atoms in total. The van der Waals surface area contributed by atoms with Crippen LogP contribution in [0, 0.1) is 0 Å². The Labute approximate surface area is 169 Å². The number of fused-ring (bicyclic) bond motifs is 1. The summed E-state index contributed by atoms with van der Waals surface area (Å²) >= 11 is 5.21. The Morgan fingerprint density at radius 3 is 2.75 bits per heavy atom. The summed E-state index contributed by atoms with van der Waals surface area (Å²) in [6.45, 7) is 1.68. The molecule has 8 heteroatoms. The molecule has 3 N–H and O–H groups in total. The van der Waals surface area contributed by atoms with Crippen molar-refractivity contribution in [3.63, 3.8) is 0 Å². The summed E-state index contributed by atoms with van der Waals surface area (Å²) in [6.07, 6.45) is 2.53. The zero-order chi connectivity index (χ0) is 19.9. The van der Waals surface area contributed by atoms with Crippen molar-refractivity contribution < 1.29 is 9.21 Å². The van der Waals surface area contributed by atoms with Crippen LogP contribution in [-0.2, 0) is 0 Å². The fraction of sp³-hybridized carbons (Fsp3) is 0.250. The van der Waals surface area contributed by atoms with Crippen LogP contribution in [0.25, 0.3) is 22.4 Å². The van der Waals surface area contributed by atoms with Crippen LogP contribution in [0.1, 0.15) is 16.8 Å². The average Bonchev–Trinajstić information content (AvgIpc) is 3.23. The number of carbonyl (C=O) groups is 1. The molecule has 2 heterocycles. The van der Waals surface area contributed by atoms with Gasteiger partial charge in [-0.25, -0.2) is 4.98 Å². The highest BCUT2D eigenvalue weighted by Crippen LogP contribution is 2.25. The number of nitrogens with one attached hydrogen (secondary N) is 3. The van der Waals surface area contributed by atoms with E-state index < -0.39 is 0 Å². The summed E-state index contributed by atoms with van der Waals surface area (Å²) in [6, 6.07) is 12.8. The third-order valence-corrected chi connectivity index (χ3v) is 4.34. The first-order valence-electron chi connectivity index (χ1n) is 8.97. The first kappa shape index (κ1) is 19.8. The fourth-order valence-electron chi connectivity index (χ4n) is 2.74. The molecule has 146 valence electrons. The monoisotopic (exact) mass is 397 g/mol. The molecule has 0 aliphatic rings. The van der Waals surface area contributed by atoms with Crippen molar-refractivity contribution in [2.45, 2.75) is 6.42 Å². The lowest BCUT2D eigenvalue weighted by molar-refractivity contribution is 0.0945. The van der Waals surface area contributed by atoms with Crippen molar-refractivity contribution in [3.05, 3.63) is 54.3 Å². The minimum atomic E-state index is -0.302. The second-order valence-electron chi connectivity index (χ2n) is 6.54. The number of aromatic nitrogens is 1. The summed E-state index contributed by atoms with van der Waals surface area (Å²) in [5, 5.41) is 4.19. The van der Waals surface area contributed by atoms with Gasteiger partial charge in [0.2, 0.25) is 0 Å². The van der Waals surface area contributed by atoms with E-state index >= 15 is 0 Å². The van der Waals surface area contributed by atoms with Crippen molar-refractivity contribution in [3.8, 4) is 11.5 Å². The Kier molecular flexibility index (Phi) is 6.57. The van der Waals surface area contributed by atoms with Gasteiger partial charge in [-0.05, 0) is 63.5 Å². The molecule has 0 aliphatic carbocycles. The van der Waals surface area contributed by atoms with Crippen LogP contribution in [0.15, 0.2) is 53.1 Å². The van der Waals surface area contributed by atoms with Crippen molar-refractivity contribution in [1.82, 2.24) is 26.1 Å². The van der Waals surface area contributed by atoms with Gasteiger partial charge in [0.05, 0.1) is 17.3 Å². The highest BCUT2D eigenvalue weighted by molar-refractivity contribution is 7.80. The molecule has 0 spiro atoms. The molecule has 0 saturated heterocycles. The number of para-hydroxylation sites is 1. The molecule has 0 radical (unpaired) electrons. The maximum atomic E-state index is 12.8. The smallest absolute Gasteiger partial charge is 0.270 e. The molecule has 1 amide bonds. The van der Waals surface area contributed by atoms with Gasteiger partial charge in [0.25, 0.3) is 5.91 Å². The zero-order valence-electron chi connectivity index (χ0n) is 15.9. The van der Waals surface area contributed by atoms with Crippen molar-refractivity contribution in [1.29, 1.82) is 0 Å². The highest BCUT2D eigenvalue weighted by atomic mass is 32.1. The third kappa shape index (κ3) is 5.05. The number of rotatable bonds is 6. The van der Waals surface area contributed by atoms with Gasteiger partial charge < -0.3 is 14.6 Å². The predicted octanol–water partition coefficient (Wildman–Crippen LogP) is 2.56. The molecule has 0 fully saturated rings. The Morgan fingerprint density at radius 1 is 1.18 bits per heavy atom. The molecule has 0 unspecified atom stereocenters. The topological polar surface area (TPSA) is 82.4 Å². The molecule has 0 atom stereocenters. The van der Waals surface area contributed by atoms with E-state index in [-0.39, 0.29) is 5.91 Å². The molecule has 1 aromatic carbocycles. The third-order valence-electron chi connectivity index (χ3n) is 4.09. The first-order chi connectivity index (χ1) is 13.5. The van der Waals surface area contributed by atoms with Crippen molar-refractivity contribution in [2.24, 2.45) is 0 Å². The summed E-state index contributed by atoms with van der Waals surface area (Å²) < 4.78 is 5.43. The number of hydrogen-bond acceptors (Lipinski definition) is 5. The summed E-state index contributed by atoms with van der Waals surface area (Å²) in [5.74, 6) is 0.301. The van der Waals surface area contributed by atoms with Crippen molar-refractivity contribution >= 4 is 34.1 Å². The Bertz CT molecular complexity index is 956. The standard InChI is InChI=1S/C20H23N5O2S/c1-25(2)11-6-10-21-20(28)24-23-19(26)15-13-17(18-9-5-12-27-18)22-16-8-4-3-7-14(15)16/h3-5,7-9,12-13H,6,10-11H2,1-2H3,(H,23,26)(H2,21,24,28). The number of hydrazine groups is 1.